The molecule has 1 N–H and O–H groups in total. The number of aromatic nitrogens is 3. The van der Waals surface area contributed by atoms with Crippen LogP contribution in [0.25, 0.3) is 11.1 Å². The van der Waals surface area contributed by atoms with E-state index in [1.165, 1.54) is 12.7 Å². The van der Waals surface area contributed by atoms with Gasteiger partial charge in [-0.3, -0.25) is 9.78 Å². The average molecular weight is 391 g/mol. The van der Waals surface area contributed by atoms with Crippen molar-refractivity contribution in [3.63, 3.8) is 0 Å². The Morgan fingerprint density at radius 3 is 2.48 bits per heavy atom. The summed E-state index contributed by atoms with van der Waals surface area (Å²) in [6.07, 6.45) is 8.52. The van der Waals surface area contributed by atoms with E-state index >= 15 is 0 Å². The van der Waals surface area contributed by atoms with Crippen molar-refractivity contribution >= 4 is 22.8 Å². The topological polar surface area (TPSA) is 84.2 Å². The van der Waals surface area contributed by atoms with E-state index < -0.39 is 0 Å². The number of carbonyl (C=O) groups excluding carboxylic acids is 1. The van der Waals surface area contributed by atoms with Crippen LogP contribution in [-0.2, 0) is 0 Å². The SMILES string of the molecule is Cc1oc2ncnc(NC3(C)CC3)c2c1C(=O)N1CC2CC2C1.c1ccncc1. The second-order valence-corrected chi connectivity index (χ2v) is 8.61. The first-order valence-corrected chi connectivity index (χ1v) is 10.2. The van der Waals surface area contributed by atoms with Crippen molar-refractivity contribution in [3.05, 3.63) is 48.2 Å². The summed E-state index contributed by atoms with van der Waals surface area (Å²) in [6, 6.07) is 5.72. The maximum absolute atomic E-state index is 13.0. The lowest BCUT2D eigenvalue weighted by molar-refractivity contribution is 0.0775. The first kappa shape index (κ1) is 18.1. The first-order valence-electron chi connectivity index (χ1n) is 10.2. The van der Waals surface area contributed by atoms with E-state index in [1.54, 1.807) is 12.4 Å². The Balaban J connectivity index is 0.000000262. The monoisotopic (exact) mass is 391 g/mol. The molecule has 3 aromatic heterocycles. The fourth-order valence-corrected chi connectivity index (χ4v) is 4.03. The van der Waals surface area contributed by atoms with E-state index in [9.17, 15) is 4.79 Å². The smallest absolute Gasteiger partial charge is 0.258 e. The molecule has 1 amide bonds. The lowest BCUT2D eigenvalue weighted by Crippen LogP contribution is -2.30. The molecule has 150 valence electrons. The zero-order chi connectivity index (χ0) is 20.0. The molecule has 7 nitrogen and oxygen atoms in total. The molecule has 4 heterocycles. The van der Waals surface area contributed by atoms with Gasteiger partial charge in [-0.25, -0.2) is 9.97 Å². The lowest BCUT2D eigenvalue weighted by Gasteiger charge is -2.18. The number of hydrogen-bond donors (Lipinski definition) is 1. The minimum Gasteiger partial charge on any atom is -0.442 e. The van der Waals surface area contributed by atoms with Crippen molar-refractivity contribution < 1.29 is 9.21 Å². The van der Waals surface area contributed by atoms with Gasteiger partial charge in [-0.05, 0) is 57.1 Å². The molecule has 3 aromatic rings. The number of amides is 1. The molecule has 3 aliphatic rings. The van der Waals surface area contributed by atoms with Gasteiger partial charge in [-0.1, -0.05) is 6.07 Å². The standard InChI is InChI=1S/C17H20N4O2.C5H5N/c1-9-12(16(22)21-6-10-5-11(10)7-21)13-14(20-17(2)3-4-17)18-8-19-15(13)23-9;1-2-4-6-5-3-1/h8,10-11H,3-7H2,1-2H3,(H,18,19,20);1-5H. The third-order valence-corrected chi connectivity index (χ3v) is 6.13. The van der Waals surface area contributed by atoms with Crippen LogP contribution in [0.2, 0.25) is 0 Å². The molecule has 0 aromatic carbocycles. The van der Waals surface area contributed by atoms with E-state index in [1.807, 2.05) is 30.0 Å². The Bertz CT molecular complexity index is 1010. The number of aryl methyl sites for hydroxylation is 1. The number of hydrogen-bond acceptors (Lipinski definition) is 6. The van der Waals surface area contributed by atoms with Crippen LogP contribution in [0, 0.1) is 18.8 Å². The molecular formula is C22H25N5O2. The summed E-state index contributed by atoms with van der Waals surface area (Å²) in [7, 11) is 0. The number of likely N-dealkylation sites (tertiary alicyclic amines) is 1. The van der Waals surface area contributed by atoms with Crippen LogP contribution in [0.3, 0.4) is 0 Å². The molecule has 2 aliphatic carbocycles. The third kappa shape index (κ3) is 3.57. The minimum absolute atomic E-state index is 0.0623. The lowest BCUT2D eigenvalue weighted by atomic mass is 10.1. The van der Waals surface area contributed by atoms with Gasteiger partial charge < -0.3 is 14.6 Å². The van der Waals surface area contributed by atoms with E-state index in [-0.39, 0.29) is 11.4 Å². The summed E-state index contributed by atoms with van der Waals surface area (Å²) < 4.78 is 5.75. The second-order valence-electron chi connectivity index (χ2n) is 8.61. The van der Waals surface area contributed by atoms with Crippen LogP contribution >= 0.6 is 0 Å². The number of nitrogens with zero attached hydrogens (tertiary/aromatic N) is 4. The molecule has 2 saturated carbocycles. The number of pyridine rings is 1. The molecule has 2 atom stereocenters. The van der Waals surface area contributed by atoms with Gasteiger partial charge in [0.2, 0.25) is 5.71 Å². The quantitative estimate of drug-likeness (QED) is 0.733. The van der Waals surface area contributed by atoms with Crippen molar-refractivity contribution in [1.29, 1.82) is 0 Å². The van der Waals surface area contributed by atoms with Gasteiger partial charge in [-0.15, -0.1) is 0 Å². The van der Waals surface area contributed by atoms with Crippen molar-refractivity contribution in [2.45, 2.75) is 38.6 Å². The van der Waals surface area contributed by atoms with Gasteiger partial charge in [0.1, 0.15) is 17.9 Å². The fraction of sp³-hybridized carbons (Fsp3) is 0.455. The van der Waals surface area contributed by atoms with E-state index in [4.69, 9.17) is 4.42 Å². The van der Waals surface area contributed by atoms with Gasteiger partial charge in [-0.2, -0.15) is 0 Å². The second kappa shape index (κ2) is 6.83. The Hall–Kier alpha value is -2.96. The predicted molar refractivity (Wildman–Crippen MR) is 110 cm³/mol. The Kier molecular flexibility index (Phi) is 4.26. The predicted octanol–water partition coefficient (Wildman–Crippen LogP) is 3.67. The maximum Gasteiger partial charge on any atom is 0.258 e. The van der Waals surface area contributed by atoms with Gasteiger partial charge in [0.15, 0.2) is 0 Å². The van der Waals surface area contributed by atoms with Gasteiger partial charge in [0.25, 0.3) is 5.91 Å². The molecule has 0 spiro atoms. The zero-order valence-corrected chi connectivity index (χ0v) is 16.8. The highest BCUT2D eigenvalue weighted by Crippen LogP contribution is 2.46. The highest BCUT2D eigenvalue weighted by Gasteiger charge is 2.47. The summed E-state index contributed by atoms with van der Waals surface area (Å²) in [5.41, 5.74) is 1.22. The molecule has 3 fully saturated rings. The highest BCUT2D eigenvalue weighted by atomic mass is 16.3. The molecular weight excluding hydrogens is 366 g/mol. The number of fused-ring (bicyclic) bond motifs is 2. The number of anilines is 1. The van der Waals surface area contributed by atoms with Gasteiger partial charge in [0, 0.05) is 31.0 Å². The molecule has 1 saturated heterocycles. The highest BCUT2D eigenvalue weighted by molar-refractivity contribution is 6.10. The molecule has 6 rings (SSSR count). The molecule has 0 radical (unpaired) electrons. The van der Waals surface area contributed by atoms with Crippen LogP contribution in [0.5, 0.6) is 0 Å². The Morgan fingerprint density at radius 1 is 1.17 bits per heavy atom. The number of nitrogens with one attached hydrogen (secondary N) is 1. The average Bonchev–Trinajstić information content (AvgIpc) is 3.57. The summed E-state index contributed by atoms with van der Waals surface area (Å²) in [6.45, 7) is 5.77. The summed E-state index contributed by atoms with van der Waals surface area (Å²) in [5, 5.41) is 4.21. The zero-order valence-electron chi connectivity index (χ0n) is 16.8. The van der Waals surface area contributed by atoms with Gasteiger partial charge >= 0.3 is 0 Å². The molecule has 7 heteroatoms. The van der Waals surface area contributed by atoms with Crippen LogP contribution in [-0.4, -0.2) is 44.4 Å². The summed E-state index contributed by atoms with van der Waals surface area (Å²) >= 11 is 0. The number of rotatable bonds is 3. The van der Waals surface area contributed by atoms with Crippen LogP contribution in [0.4, 0.5) is 5.82 Å². The van der Waals surface area contributed by atoms with E-state index in [2.05, 4.69) is 27.2 Å². The Morgan fingerprint density at radius 2 is 1.90 bits per heavy atom. The summed E-state index contributed by atoms with van der Waals surface area (Å²) in [5.74, 6) is 2.86. The third-order valence-electron chi connectivity index (χ3n) is 6.13. The largest absolute Gasteiger partial charge is 0.442 e. The first-order chi connectivity index (χ1) is 14.0. The van der Waals surface area contributed by atoms with Crippen LogP contribution < -0.4 is 5.32 Å². The van der Waals surface area contributed by atoms with E-state index in [0.29, 0.717) is 17.0 Å². The summed E-state index contributed by atoms with van der Waals surface area (Å²) in [4.78, 5) is 27.4. The van der Waals surface area contributed by atoms with Crippen molar-refractivity contribution in [2.75, 3.05) is 18.4 Å². The van der Waals surface area contributed by atoms with Crippen LogP contribution in [0.1, 0.15) is 42.3 Å². The normalized spacial score (nSPS) is 23.2. The molecule has 29 heavy (non-hydrogen) atoms. The maximum atomic E-state index is 13.0. The Labute approximate surface area is 169 Å². The van der Waals surface area contributed by atoms with Crippen LogP contribution in [0.15, 0.2) is 41.3 Å². The van der Waals surface area contributed by atoms with Crippen molar-refractivity contribution in [1.82, 2.24) is 19.9 Å². The van der Waals surface area contributed by atoms with Gasteiger partial charge in [0.05, 0.1) is 10.9 Å². The molecule has 0 bridgehead atoms. The number of carbonyl (C=O) groups is 1. The molecule has 2 unspecified atom stereocenters. The molecule has 1 aliphatic heterocycles. The van der Waals surface area contributed by atoms with E-state index in [0.717, 1.165) is 49.0 Å². The van der Waals surface area contributed by atoms with Crippen molar-refractivity contribution in [2.24, 2.45) is 11.8 Å². The fourth-order valence-electron chi connectivity index (χ4n) is 4.03. The number of furan rings is 1. The number of piperidine rings is 1. The minimum atomic E-state index is 0.0623. The van der Waals surface area contributed by atoms with Crippen molar-refractivity contribution in [3.8, 4) is 0 Å².